The van der Waals surface area contributed by atoms with Crippen molar-refractivity contribution in [2.45, 2.75) is 13.3 Å². The lowest BCUT2D eigenvalue weighted by molar-refractivity contribution is 0.308. The predicted octanol–water partition coefficient (Wildman–Crippen LogP) is 1.32. The maximum Gasteiger partial charge on any atom is 0.264 e. The van der Waals surface area contributed by atoms with Gasteiger partial charge in [0.05, 0.1) is 24.7 Å². The molecule has 3 N–H and O–H groups in total. The smallest absolute Gasteiger partial charge is 0.264 e. The molecule has 18 heavy (non-hydrogen) atoms. The van der Waals surface area contributed by atoms with E-state index < -0.39 is 10.1 Å². The number of hydrogen-bond donors (Lipinski definition) is 2. The first kappa shape index (κ1) is 14.6. The van der Waals surface area contributed by atoms with Crippen molar-refractivity contribution in [1.29, 1.82) is 0 Å². The Morgan fingerprint density at radius 2 is 2.06 bits per heavy atom. The topological polar surface area (TPSA) is 98.8 Å². The summed E-state index contributed by atoms with van der Waals surface area (Å²) in [6.45, 7) is 2.53. The van der Waals surface area contributed by atoms with Crippen LogP contribution in [0.5, 0.6) is 11.5 Å². The lowest BCUT2D eigenvalue weighted by atomic mass is 10.3. The average Bonchev–Trinajstić information content (AvgIpc) is 2.28. The maximum absolute atomic E-state index is 10.5. The van der Waals surface area contributed by atoms with Gasteiger partial charge >= 0.3 is 0 Å². The van der Waals surface area contributed by atoms with E-state index in [0.717, 1.165) is 0 Å². The molecule has 0 heterocycles. The molecule has 0 bridgehead atoms. The largest absolute Gasteiger partial charge is 0.493 e. The van der Waals surface area contributed by atoms with Crippen molar-refractivity contribution in [2.24, 2.45) is 0 Å². The molecule has 0 aliphatic rings. The van der Waals surface area contributed by atoms with E-state index >= 15 is 0 Å². The van der Waals surface area contributed by atoms with Gasteiger partial charge in [-0.3, -0.25) is 4.55 Å². The summed E-state index contributed by atoms with van der Waals surface area (Å²) in [5.74, 6) is 0.757. The molecule has 0 atom stereocenters. The van der Waals surface area contributed by atoms with Crippen LogP contribution in [0, 0.1) is 0 Å². The first-order valence-corrected chi connectivity index (χ1v) is 7.13. The Labute approximate surface area is 106 Å². The van der Waals surface area contributed by atoms with Crippen LogP contribution in [0.15, 0.2) is 18.2 Å². The van der Waals surface area contributed by atoms with Crippen LogP contribution in [0.4, 0.5) is 5.69 Å². The minimum absolute atomic E-state index is 0.190. The highest BCUT2D eigenvalue weighted by Crippen LogP contribution is 2.26. The van der Waals surface area contributed by atoms with Crippen molar-refractivity contribution in [3.63, 3.8) is 0 Å². The van der Waals surface area contributed by atoms with Gasteiger partial charge in [0.25, 0.3) is 10.1 Å². The first-order chi connectivity index (χ1) is 8.42. The summed E-state index contributed by atoms with van der Waals surface area (Å²) in [7, 11) is -3.93. The fourth-order valence-corrected chi connectivity index (χ4v) is 1.80. The van der Waals surface area contributed by atoms with Crippen molar-refractivity contribution in [2.75, 3.05) is 24.7 Å². The van der Waals surface area contributed by atoms with Crippen molar-refractivity contribution >= 4 is 15.8 Å². The zero-order valence-electron chi connectivity index (χ0n) is 10.1. The van der Waals surface area contributed by atoms with Gasteiger partial charge in [-0.1, -0.05) is 0 Å². The summed E-state index contributed by atoms with van der Waals surface area (Å²) in [5, 5.41) is 0. The van der Waals surface area contributed by atoms with Crippen molar-refractivity contribution in [1.82, 2.24) is 0 Å². The van der Waals surface area contributed by atoms with Gasteiger partial charge in [0.2, 0.25) is 0 Å². The van der Waals surface area contributed by atoms with Gasteiger partial charge in [0, 0.05) is 6.07 Å². The number of rotatable bonds is 7. The number of benzene rings is 1. The summed E-state index contributed by atoms with van der Waals surface area (Å²) in [6.07, 6.45) is 0.215. The number of nitrogen functional groups attached to an aromatic ring is 1. The van der Waals surface area contributed by atoms with Gasteiger partial charge in [-0.15, -0.1) is 0 Å². The molecule has 102 valence electrons. The Kier molecular flexibility index (Phi) is 5.24. The van der Waals surface area contributed by atoms with E-state index in [4.69, 9.17) is 19.8 Å². The van der Waals surface area contributed by atoms with Gasteiger partial charge in [0.15, 0.2) is 0 Å². The highest BCUT2D eigenvalue weighted by Gasteiger charge is 2.05. The van der Waals surface area contributed by atoms with E-state index in [9.17, 15) is 8.42 Å². The summed E-state index contributed by atoms with van der Waals surface area (Å²) in [6, 6.07) is 4.97. The maximum atomic E-state index is 10.5. The fraction of sp³-hybridized carbons (Fsp3) is 0.455. The highest BCUT2D eigenvalue weighted by atomic mass is 32.2. The number of anilines is 1. The van der Waals surface area contributed by atoms with E-state index in [0.29, 0.717) is 23.8 Å². The number of ether oxygens (including phenoxy) is 2. The SMILES string of the molecule is CCOc1cc(OCCCS(=O)(=O)O)ccc1N. The normalized spacial score (nSPS) is 11.2. The molecule has 0 aliphatic carbocycles. The molecule has 1 aromatic carbocycles. The lowest BCUT2D eigenvalue weighted by Gasteiger charge is -2.10. The molecule has 0 saturated carbocycles. The summed E-state index contributed by atoms with van der Waals surface area (Å²) in [4.78, 5) is 0. The predicted molar refractivity (Wildman–Crippen MR) is 68.6 cm³/mol. The Balaban J connectivity index is 2.50. The van der Waals surface area contributed by atoms with Crippen LogP contribution in [-0.2, 0) is 10.1 Å². The molecule has 0 saturated heterocycles. The van der Waals surface area contributed by atoms with Crippen LogP contribution in [0.2, 0.25) is 0 Å². The second-order valence-electron chi connectivity index (χ2n) is 3.62. The molecular weight excluding hydrogens is 258 g/mol. The number of hydrogen-bond acceptors (Lipinski definition) is 5. The molecule has 0 radical (unpaired) electrons. The second kappa shape index (κ2) is 6.46. The van der Waals surface area contributed by atoms with Crippen LogP contribution in [0.1, 0.15) is 13.3 Å². The molecule has 1 aromatic rings. The molecule has 0 amide bonds. The third-order valence-corrected chi connectivity index (χ3v) is 2.90. The van der Waals surface area contributed by atoms with E-state index in [1.165, 1.54) is 0 Å². The molecule has 0 fully saturated rings. The van der Waals surface area contributed by atoms with E-state index in [1.54, 1.807) is 18.2 Å². The van der Waals surface area contributed by atoms with Crippen molar-refractivity contribution < 1.29 is 22.4 Å². The van der Waals surface area contributed by atoms with Crippen LogP contribution in [0.3, 0.4) is 0 Å². The zero-order valence-corrected chi connectivity index (χ0v) is 10.9. The van der Waals surface area contributed by atoms with E-state index in [2.05, 4.69) is 0 Å². The van der Waals surface area contributed by atoms with Gasteiger partial charge in [0.1, 0.15) is 11.5 Å². The molecule has 0 aliphatic heterocycles. The standard InChI is InChI=1S/C11H17NO5S/c1-2-16-11-8-9(4-5-10(11)12)17-6-3-7-18(13,14)15/h4-5,8H,2-3,6-7,12H2,1H3,(H,13,14,15). The van der Waals surface area contributed by atoms with Crippen LogP contribution < -0.4 is 15.2 Å². The Bertz CT molecular complexity index is 486. The van der Waals surface area contributed by atoms with Gasteiger partial charge in [-0.2, -0.15) is 8.42 Å². The highest BCUT2D eigenvalue weighted by molar-refractivity contribution is 7.85. The zero-order chi connectivity index (χ0) is 13.6. The first-order valence-electron chi connectivity index (χ1n) is 5.52. The van der Waals surface area contributed by atoms with Gasteiger partial charge in [-0.05, 0) is 25.5 Å². The average molecular weight is 275 g/mol. The molecule has 7 heteroatoms. The molecule has 0 unspecified atom stereocenters. The fourth-order valence-electron chi connectivity index (χ4n) is 1.32. The minimum Gasteiger partial charge on any atom is -0.493 e. The summed E-state index contributed by atoms with van der Waals surface area (Å²) < 4.78 is 40.2. The summed E-state index contributed by atoms with van der Waals surface area (Å²) in [5.41, 5.74) is 6.21. The lowest BCUT2D eigenvalue weighted by Crippen LogP contribution is -2.08. The van der Waals surface area contributed by atoms with Gasteiger partial charge < -0.3 is 15.2 Å². The van der Waals surface area contributed by atoms with Gasteiger partial charge in [-0.25, -0.2) is 0 Å². The Morgan fingerprint density at radius 3 is 2.67 bits per heavy atom. The van der Waals surface area contributed by atoms with Crippen molar-refractivity contribution in [3.05, 3.63) is 18.2 Å². The third kappa shape index (κ3) is 5.24. The molecule has 0 aromatic heterocycles. The minimum atomic E-state index is -3.93. The molecule has 6 nitrogen and oxygen atoms in total. The quantitative estimate of drug-likeness (QED) is 0.442. The molecule has 1 rings (SSSR count). The monoisotopic (exact) mass is 275 g/mol. The number of nitrogens with two attached hydrogens (primary N) is 1. The van der Waals surface area contributed by atoms with Crippen LogP contribution in [-0.4, -0.2) is 31.9 Å². The summed E-state index contributed by atoms with van der Waals surface area (Å²) >= 11 is 0. The molecule has 0 spiro atoms. The second-order valence-corrected chi connectivity index (χ2v) is 5.19. The Hall–Kier alpha value is -1.47. The van der Waals surface area contributed by atoms with Crippen LogP contribution in [0.25, 0.3) is 0 Å². The Morgan fingerprint density at radius 1 is 1.33 bits per heavy atom. The van der Waals surface area contributed by atoms with Crippen molar-refractivity contribution in [3.8, 4) is 11.5 Å². The third-order valence-electron chi connectivity index (χ3n) is 2.10. The van der Waals surface area contributed by atoms with E-state index in [1.807, 2.05) is 6.92 Å². The van der Waals surface area contributed by atoms with Crippen LogP contribution >= 0.6 is 0 Å². The molecular formula is C11H17NO5S. The van der Waals surface area contributed by atoms with E-state index in [-0.39, 0.29) is 18.8 Å².